The van der Waals surface area contributed by atoms with Crippen molar-refractivity contribution < 1.29 is 9.21 Å². The van der Waals surface area contributed by atoms with Gasteiger partial charge in [0.25, 0.3) is 5.91 Å². The highest BCUT2D eigenvalue weighted by atomic mass is 16.3. The predicted molar refractivity (Wildman–Crippen MR) is 89.6 cm³/mol. The van der Waals surface area contributed by atoms with Gasteiger partial charge in [-0.05, 0) is 39.5 Å². The molecule has 0 atom stereocenters. The number of fused-ring (bicyclic) bond motifs is 1. The number of nitrogens with one attached hydrogen (secondary N) is 2. The summed E-state index contributed by atoms with van der Waals surface area (Å²) in [6.07, 6.45) is 5.48. The number of carbonyl (C=O) groups excluding carboxylic acids is 1. The van der Waals surface area contributed by atoms with Gasteiger partial charge < -0.3 is 15.1 Å². The lowest BCUT2D eigenvalue weighted by molar-refractivity contribution is 0.0935. The zero-order valence-electron chi connectivity index (χ0n) is 14.2. The molecule has 0 aromatic carbocycles. The average molecular weight is 316 g/mol. The second-order valence-electron chi connectivity index (χ2n) is 6.61. The van der Waals surface area contributed by atoms with Crippen LogP contribution in [0.15, 0.2) is 10.7 Å². The molecule has 3 rings (SSSR count). The smallest absolute Gasteiger partial charge is 0.255 e. The molecule has 1 aliphatic carbocycles. The van der Waals surface area contributed by atoms with E-state index in [9.17, 15) is 4.79 Å². The molecule has 6 heteroatoms. The maximum Gasteiger partial charge on any atom is 0.255 e. The van der Waals surface area contributed by atoms with Crippen molar-refractivity contribution >= 4 is 22.8 Å². The van der Waals surface area contributed by atoms with E-state index < -0.39 is 0 Å². The molecule has 0 unspecified atom stereocenters. The monoisotopic (exact) mass is 316 g/mol. The molecule has 0 radical (unpaired) electrons. The maximum absolute atomic E-state index is 12.7. The van der Waals surface area contributed by atoms with Crippen molar-refractivity contribution in [2.75, 3.05) is 5.32 Å². The molecule has 0 aliphatic heterocycles. The minimum Gasteiger partial charge on any atom is -0.442 e. The number of rotatable bonds is 6. The van der Waals surface area contributed by atoms with E-state index in [1.54, 1.807) is 6.92 Å². The number of carbonyl (C=O) groups is 1. The highest BCUT2D eigenvalue weighted by molar-refractivity contribution is 6.10. The number of aromatic nitrogens is 2. The van der Waals surface area contributed by atoms with Crippen LogP contribution in [0, 0.1) is 6.92 Å². The molecule has 1 saturated carbocycles. The lowest BCUT2D eigenvalue weighted by Gasteiger charge is -2.16. The van der Waals surface area contributed by atoms with Gasteiger partial charge in [-0.1, -0.05) is 13.8 Å². The molecule has 1 amide bonds. The van der Waals surface area contributed by atoms with Crippen molar-refractivity contribution in [3.05, 3.63) is 17.7 Å². The topological polar surface area (TPSA) is 80.1 Å². The Morgan fingerprint density at radius 1 is 1.35 bits per heavy atom. The number of anilines is 1. The van der Waals surface area contributed by atoms with E-state index in [2.05, 4.69) is 41.4 Å². The van der Waals surface area contributed by atoms with E-state index in [1.807, 2.05) is 0 Å². The maximum atomic E-state index is 12.7. The minimum absolute atomic E-state index is 0.0651. The highest BCUT2D eigenvalue weighted by Crippen LogP contribution is 2.40. The first-order valence-electron chi connectivity index (χ1n) is 8.30. The van der Waals surface area contributed by atoms with Crippen molar-refractivity contribution in [1.29, 1.82) is 0 Å². The Morgan fingerprint density at radius 3 is 2.65 bits per heavy atom. The van der Waals surface area contributed by atoms with E-state index in [-0.39, 0.29) is 17.5 Å². The first-order valence-corrected chi connectivity index (χ1v) is 8.30. The molecule has 0 spiro atoms. The van der Waals surface area contributed by atoms with Gasteiger partial charge in [-0.25, -0.2) is 9.97 Å². The van der Waals surface area contributed by atoms with Crippen molar-refractivity contribution in [1.82, 2.24) is 15.3 Å². The van der Waals surface area contributed by atoms with E-state index in [0.29, 0.717) is 28.2 Å². The fourth-order valence-electron chi connectivity index (χ4n) is 2.76. The first-order chi connectivity index (χ1) is 11.0. The number of aryl methyl sites for hydroxylation is 1. The molecule has 0 saturated heterocycles. The van der Waals surface area contributed by atoms with E-state index >= 15 is 0 Å². The third kappa shape index (κ3) is 3.02. The standard InChI is InChI=1S/C17H24N4O2/c1-5-11(6-2)20-15(22)12-10(3)23-16-13(12)14(18-9-19-16)21-17(4)7-8-17/h9,11H,5-8H2,1-4H3,(H,20,22)(H,18,19,21). The molecular weight excluding hydrogens is 292 g/mol. The normalized spacial score (nSPS) is 15.9. The zero-order chi connectivity index (χ0) is 16.6. The van der Waals surface area contributed by atoms with Gasteiger partial charge in [0.15, 0.2) is 0 Å². The summed E-state index contributed by atoms with van der Waals surface area (Å²) in [5, 5.41) is 7.19. The molecule has 6 nitrogen and oxygen atoms in total. The van der Waals surface area contributed by atoms with E-state index in [1.165, 1.54) is 6.33 Å². The molecule has 2 aromatic heterocycles. The fourth-order valence-corrected chi connectivity index (χ4v) is 2.76. The summed E-state index contributed by atoms with van der Waals surface area (Å²) in [7, 11) is 0. The predicted octanol–water partition coefficient (Wildman–Crippen LogP) is 3.41. The summed E-state index contributed by atoms with van der Waals surface area (Å²) >= 11 is 0. The Bertz CT molecular complexity index is 730. The van der Waals surface area contributed by atoms with Gasteiger partial charge in [-0.2, -0.15) is 0 Å². The van der Waals surface area contributed by atoms with Crippen LogP contribution in [0.3, 0.4) is 0 Å². The van der Waals surface area contributed by atoms with Crippen molar-refractivity contribution in [2.24, 2.45) is 0 Å². The Kier molecular flexibility index (Phi) is 4.00. The fraction of sp³-hybridized carbons (Fsp3) is 0.588. The van der Waals surface area contributed by atoms with Crippen LogP contribution in [0.25, 0.3) is 11.1 Å². The van der Waals surface area contributed by atoms with E-state index in [0.717, 1.165) is 25.7 Å². The lowest BCUT2D eigenvalue weighted by atomic mass is 10.1. The number of hydrogen-bond donors (Lipinski definition) is 2. The lowest BCUT2D eigenvalue weighted by Crippen LogP contribution is -2.34. The Balaban J connectivity index is 2.01. The molecular formula is C17H24N4O2. The molecule has 1 fully saturated rings. The molecule has 0 bridgehead atoms. The van der Waals surface area contributed by atoms with Gasteiger partial charge in [0.05, 0.1) is 10.9 Å². The summed E-state index contributed by atoms with van der Waals surface area (Å²) in [6, 6.07) is 0.161. The molecule has 124 valence electrons. The average Bonchev–Trinajstić information content (AvgIpc) is 3.13. The quantitative estimate of drug-likeness (QED) is 0.853. The Morgan fingerprint density at radius 2 is 2.04 bits per heavy atom. The molecule has 23 heavy (non-hydrogen) atoms. The van der Waals surface area contributed by atoms with Gasteiger partial charge in [-0.15, -0.1) is 0 Å². The molecule has 2 heterocycles. The van der Waals surface area contributed by atoms with Crippen molar-refractivity contribution in [2.45, 2.75) is 65.0 Å². The summed E-state index contributed by atoms with van der Waals surface area (Å²) < 4.78 is 5.69. The third-order valence-electron chi connectivity index (χ3n) is 4.63. The molecule has 1 aliphatic rings. The minimum atomic E-state index is -0.117. The van der Waals surface area contributed by atoms with Crippen molar-refractivity contribution in [3.8, 4) is 0 Å². The highest BCUT2D eigenvalue weighted by Gasteiger charge is 2.38. The molecule has 2 N–H and O–H groups in total. The molecule has 2 aromatic rings. The van der Waals surface area contributed by atoms with Crippen LogP contribution >= 0.6 is 0 Å². The van der Waals surface area contributed by atoms with Crippen molar-refractivity contribution in [3.63, 3.8) is 0 Å². The zero-order valence-corrected chi connectivity index (χ0v) is 14.2. The van der Waals surface area contributed by atoms with Gasteiger partial charge in [0, 0.05) is 11.6 Å². The Hall–Kier alpha value is -2.11. The van der Waals surface area contributed by atoms with Crippen LogP contribution in [0.4, 0.5) is 5.82 Å². The third-order valence-corrected chi connectivity index (χ3v) is 4.63. The van der Waals surface area contributed by atoms with Crippen LogP contribution in [-0.4, -0.2) is 27.5 Å². The van der Waals surface area contributed by atoms with Crippen LogP contribution in [0.2, 0.25) is 0 Å². The first kappa shape index (κ1) is 15.8. The second kappa shape index (κ2) is 5.83. The van der Waals surface area contributed by atoms with Crippen LogP contribution in [0.1, 0.15) is 62.6 Å². The number of furan rings is 1. The number of amides is 1. The SMILES string of the molecule is CCC(CC)NC(=O)c1c(C)oc2ncnc(NC3(C)CC3)c12. The largest absolute Gasteiger partial charge is 0.442 e. The summed E-state index contributed by atoms with van der Waals surface area (Å²) in [6.45, 7) is 8.08. The van der Waals surface area contributed by atoms with Gasteiger partial charge in [-0.3, -0.25) is 4.79 Å². The summed E-state index contributed by atoms with van der Waals surface area (Å²) in [4.78, 5) is 21.3. The Labute approximate surface area is 136 Å². The second-order valence-corrected chi connectivity index (χ2v) is 6.61. The van der Waals surface area contributed by atoms with Gasteiger partial charge >= 0.3 is 0 Å². The van der Waals surface area contributed by atoms with Gasteiger partial charge in [0.2, 0.25) is 5.71 Å². The van der Waals surface area contributed by atoms with Crippen LogP contribution in [0.5, 0.6) is 0 Å². The number of nitrogens with zero attached hydrogens (tertiary/aromatic N) is 2. The van der Waals surface area contributed by atoms with E-state index in [4.69, 9.17) is 4.42 Å². The van der Waals surface area contributed by atoms with Crippen LogP contribution in [-0.2, 0) is 0 Å². The van der Waals surface area contributed by atoms with Gasteiger partial charge in [0.1, 0.15) is 17.9 Å². The summed E-state index contributed by atoms with van der Waals surface area (Å²) in [5.41, 5.74) is 1.06. The van der Waals surface area contributed by atoms with Crippen LogP contribution < -0.4 is 10.6 Å². The summed E-state index contributed by atoms with van der Waals surface area (Å²) in [5.74, 6) is 1.14. The number of hydrogen-bond acceptors (Lipinski definition) is 5.